The molecule has 100 valence electrons. The van der Waals surface area contributed by atoms with Gasteiger partial charge in [-0.05, 0) is 27.7 Å². The lowest BCUT2D eigenvalue weighted by atomic mass is 9.98. The van der Waals surface area contributed by atoms with Crippen molar-refractivity contribution in [1.82, 2.24) is 19.1 Å². The molecule has 0 N–H and O–H groups in total. The van der Waals surface area contributed by atoms with E-state index in [1.807, 2.05) is 17.1 Å². The lowest BCUT2D eigenvalue weighted by molar-refractivity contribution is 0.341. The second kappa shape index (κ2) is 4.88. The summed E-state index contributed by atoms with van der Waals surface area (Å²) >= 11 is 0. The highest BCUT2D eigenvalue weighted by molar-refractivity contribution is 5.17. The van der Waals surface area contributed by atoms with Crippen LogP contribution in [0.2, 0.25) is 0 Å². The number of rotatable bonds is 4. The fourth-order valence-corrected chi connectivity index (χ4v) is 2.18. The largest absolute Gasteiger partial charge is 0.332 e. The van der Waals surface area contributed by atoms with Gasteiger partial charge in [-0.25, -0.2) is 9.97 Å². The first-order chi connectivity index (χ1) is 8.94. The molecule has 0 unspecified atom stereocenters. The van der Waals surface area contributed by atoms with E-state index in [9.17, 15) is 0 Å². The molecule has 0 aliphatic carbocycles. The van der Waals surface area contributed by atoms with Crippen molar-refractivity contribution in [2.45, 2.75) is 45.7 Å². The third-order valence-corrected chi connectivity index (χ3v) is 3.31. The number of hydrogen-bond donors (Lipinski definition) is 0. The van der Waals surface area contributed by atoms with Crippen molar-refractivity contribution in [3.8, 4) is 6.07 Å². The van der Waals surface area contributed by atoms with Crippen LogP contribution >= 0.6 is 0 Å². The Labute approximate surface area is 113 Å². The minimum absolute atomic E-state index is 0.144. The summed E-state index contributed by atoms with van der Waals surface area (Å²) < 4.78 is 4.16. The van der Waals surface area contributed by atoms with E-state index in [2.05, 4.69) is 48.3 Å². The highest BCUT2D eigenvalue weighted by Crippen LogP contribution is 2.23. The molecule has 0 radical (unpaired) electrons. The molecular formula is C14H19N5. The Bertz CT molecular complexity index is 597. The molecule has 0 saturated carbocycles. The van der Waals surface area contributed by atoms with Gasteiger partial charge in [-0.15, -0.1) is 0 Å². The fourth-order valence-electron chi connectivity index (χ4n) is 2.18. The van der Waals surface area contributed by atoms with Gasteiger partial charge in [-0.2, -0.15) is 5.26 Å². The van der Waals surface area contributed by atoms with Gasteiger partial charge in [0.2, 0.25) is 0 Å². The van der Waals surface area contributed by atoms with Crippen molar-refractivity contribution < 1.29 is 0 Å². The zero-order chi connectivity index (χ0) is 14.0. The first-order valence-corrected chi connectivity index (χ1v) is 6.39. The molecule has 0 aliphatic heterocycles. The van der Waals surface area contributed by atoms with E-state index >= 15 is 0 Å². The molecule has 0 fully saturated rings. The summed E-state index contributed by atoms with van der Waals surface area (Å²) in [6, 6.07) is 2.45. The van der Waals surface area contributed by atoms with Gasteiger partial charge >= 0.3 is 0 Å². The van der Waals surface area contributed by atoms with Crippen molar-refractivity contribution in [1.29, 1.82) is 5.26 Å². The summed E-state index contributed by atoms with van der Waals surface area (Å²) in [5.41, 5.74) is 1.49. The van der Waals surface area contributed by atoms with Crippen molar-refractivity contribution in [2.24, 2.45) is 0 Å². The van der Waals surface area contributed by atoms with Crippen LogP contribution in [0.1, 0.15) is 45.1 Å². The normalized spacial score (nSPS) is 11.8. The zero-order valence-corrected chi connectivity index (χ0v) is 11.8. The Morgan fingerprint density at radius 1 is 1.37 bits per heavy atom. The summed E-state index contributed by atoms with van der Waals surface area (Å²) in [6.45, 7) is 8.55. The third kappa shape index (κ3) is 2.68. The maximum Gasteiger partial charge on any atom is 0.158 e. The number of aromatic nitrogens is 4. The monoisotopic (exact) mass is 257 g/mol. The maximum absolute atomic E-state index is 8.85. The van der Waals surface area contributed by atoms with Crippen LogP contribution in [-0.4, -0.2) is 19.1 Å². The highest BCUT2D eigenvalue weighted by Gasteiger charge is 2.23. The SMILES string of the molecule is CC(C)n1cncc1CC(C)(C)n1cnc(C#N)c1. The van der Waals surface area contributed by atoms with Gasteiger partial charge in [0.25, 0.3) is 0 Å². The molecule has 2 aromatic rings. The molecule has 0 amide bonds. The molecule has 2 heterocycles. The lowest BCUT2D eigenvalue weighted by Crippen LogP contribution is -2.29. The van der Waals surface area contributed by atoms with E-state index in [0.717, 1.165) is 6.42 Å². The predicted molar refractivity (Wildman–Crippen MR) is 72.6 cm³/mol. The van der Waals surface area contributed by atoms with Crippen LogP contribution in [0.4, 0.5) is 0 Å². The van der Waals surface area contributed by atoms with Crippen LogP contribution in [0.5, 0.6) is 0 Å². The van der Waals surface area contributed by atoms with Crippen LogP contribution in [0.15, 0.2) is 25.0 Å². The first-order valence-electron chi connectivity index (χ1n) is 6.39. The van der Waals surface area contributed by atoms with Crippen LogP contribution in [-0.2, 0) is 12.0 Å². The number of hydrogen-bond acceptors (Lipinski definition) is 3. The second-order valence-corrected chi connectivity index (χ2v) is 5.65. The van der Waals surface area contributed by atoms with Crippen LogP contribution < -0.4 is 0 Å². The number of imidazole rings is 2. The molecular weight excluding hydrogens is 238 g/mol. The van der Waals surface area contributed by atoms with Gasteiger partial charge in [0.05, 0.1) is 12.7 Å². The Morgan fingerprint density at radius 2 is 2.11 bits per heavy atom. The summed E-state index contributed by atoms with van der Waals surface area (Å²) in [5.74, 6) is 0. The molecule has 2 aromatic heterocycles. The molecule has 0 aliphatic rings. The molecule has 0 aromatic carbocycles. The Hall–Kier alpha value is -2.09. The third-order valence-electron chi connectivity index (χ3n) is 3.31. The van der Waals surface area contributed by atoms with Crippen molar-refractivity contribution >= 4 is 0 Å². The fraction of sp³-hybridized carbons (Fsp3) is 0.500. The molecule has 0 spiro atoms. The average molecular weight is 257 g/mol. The Morgan fingerprint density at radius 3 is 2.68 bits per heavy atom. The van der Waals surface area contributed by atoms with Crippen molar-refractivity contribution in [3.63, 3.8) is 0 Å². The first kappa shape index (κ1) is 13.3. The number of nitrogens with zero attached hydrogens (tertiary/aromatic N) is 5. The van der Waals surface area contributed by atoms with E-state index in [4.69, 9.17) is 5.26 Å². The minimum atomic E-state index is -0.144. The topological polar surface area (TPSA) is 59.4 Å². The van der Waals surface area contributed by atoms with Gasteiger partial charge in [0.1, 0.15) is 6.07 Å². The highest BCUT2D eigenvalue weighted by atomic mass is 15.1. The van der Waals surface area contributed by atoms with Gasteiger partial charge in [0, 0.05) is 36.1 Å². The summed E-state index contributed by atoms with van der Waals surface area (Å²) in [4.78, 5) is 8.30. The van der Waals surface area contributed by atoms with Crippen LogP contribution in [0.25, 0.3) is 0 Å². The predicted octanol–water partition coefficient (Wildman–Crippen LogP) is 2.51. The molecule has 0 bridgehead atoms. The number of nitriles is 1. The molecule has 5 nitrogen and oxygen atoms in total. The van der Waals surface area contributed by atoms with Crippen LogP contribution in [0.3, 0.4) is 0 Å². The molecule has 0 atom stereocenters. The van der Waals surface area contributed by atoms with Crippen molar-refractivity contribution in [3.05, 3.63) is 36.4 Å². The van der Waals surface area contributed by atoms with Gasteiger partial charge < -0.3 is 9.13 Å². The van der Waals surface area contributed by atoms with Gasteiger partial charge in [-0.3, -0.25) is 0 Å². The van der Waals surface area contributed by atoms with E-state index in [0.29, 0.717) is 11.7 Å². The molecule has 2 rings (SSSR count). The molecule has 19 heavy (non-hydrogen) atoms. The van der Waals surface area contributed by atoms with E-state index in [-0.39, 0.29) is 5.54 Å². The zero-order valence-electron chi connectivity index (χ0n) is 11.8. The second-order valence-electron chi connectivity index (χ2n) is 5.65. The maximum atomic E-state index is 8.85. The Kier molecular flexibility index (Phi) is 3.43. The van der Waals surface area contributed by atoms with Crippen molar-refractivity contribution in [2.75, 3.05) is 0 Å². The quantitative estimate of drug-likeness (QED) is 0.845. The average Bonchev–Trinajstić information content (AvgIpc) is 2.95. The summed E-state index contributed by atoms with van der Waals surface area (Å²) in [7, 11) is 0. The van der Waals surface area contributed by atoms with E-state index in [1.54, 1.807) is 12.5 Å². The molecule has 5 heteroatoms. The van der Waals surface area contributed by atoms with Gasteiger partial charge in [-0.1, -0.05) is 0 Å². The minimum Gasteiger partial charge on any atom is -0.332 e. The summed E-state index contributed by atoms with van der Waals surface area (Å²) in [5, 5.41) is 8.85. The molecule has 0 saturated heterocycles. The smallest absolute Gasteiger partial charge is 0.158 e. The van der Waals surface area contributed by atoms with Gasteiger partial charge in [0.15, 0.2) is 5.69 Å². The van der Waals surface area contributed by atoms with Crippen LogP contribution in [0, 0.1) is 11.3 Å². The lowest BCUT2D eigenvalue weighted by Gasteiger charge is -2.27. The Balaban J connectivity index is 2.26. The standard InChI is InChI=1S/C14H19N5/c1-11(2)19-9-16-7-13(19)5-14(3,4)18-8-12(6-15)17-10-18/h7-11H,5H2,1-4H3. The summed E-state index contributed by atoms with van der Waals surface area (Å²) in [6.07, 6.45) is 8.12. The van der Waals surface area contributed by atoms with E-state index < -0.39 is 0 Å². The van der Waals surface area contributed by atoms with E-state index in [1.165, 1.54) is 5.69 Å².